The Morgan fingerprint density at radius 2 is 1.98 bits per heavy atom. The minimum absolute atomic E-state index is 0.0213. The van der Waals surface area contributed by atoms with Crippen LogP contribution in [0.3, 0.4) is 0 Å². The first-order chi connectivity index (χ1) is 20.9. The average Bonchev–Trinajstić information content (AvgIpc) is 3.40. The summed E-state index contributed by atoms with van der Waals surface area (Å²) in [6.45, 7) is 6.20. The van der Waals surface area contributed by atoms with Crippen molar-refractivity contribution in [1.82, 2.24) is 24.3 Å². The van der Waals surface area contributed by atoms with Gasteiger partial charge in [0.2, 0.25) is 5.91 Å². The number of anilines is 2. The molecule has 44 heavy (non-hydrogen) atoms. The summed E-state index contributed by atoms with van der Waals surface area (Å²) < 4.78 is 53.0. The van der Waals surface area contributed by atoms with Gasteiger partial charge in [0, 0.05) is 23.7 Å². The lowest BCUT2D eigenvalue weighted by Crippen LogP contribution is -2.48. The molecular weight excluding hydrogens is 603 g/mol. The highest BCUT2D eigenvalue weighted by atomic mass is 35.5. The highest BCUT2D eigenvalue weighted by molar-refractivity contribution is 6.30. The Hall–Kier alpha value is -4.43. The molecule has 0 unspecified atom stereocenters. The van der Waals surface area contributed by atoms with Crippen LogP contribution in [0, 0.1) is 0 Å². The van der Waals surface area contributed by atoms with Gasteiger partial charge in [-0.1, -0.05) is 18.5 Å². The maximum absolute atomic E-state index is 13.1. The van der Waals surface area contributed by atoms with E-state index in [9.17, 15) is 22.8 Å². The lowest BCUT2D eigenvalue weighted by atomic mass is 10.1. The molecule has 0 radical (unpaired) electrons. The number of nitrogens with zero attached hydrogens (tertiary/aromatic N) is 5. The van der Waals surface area contributed by atoms with Crippen LogP contribution in [-0.2, 0) is 15.7 Å². The summed E-state index contributed by atoms with van der Waals surface area (Å²) in [5.74, 6) is -0.212. The first kappa shape index (κ1) is 31.0. The number of halogens is 4. The second-order valence-corrected chi connectivity index (χ2v) is 10.5. The monoisotopic (exact) mass is 631 g/mol. The number of fused-ring (bicyclic) bond motifs is 1. The second-order valence-electron chi connectivity index (χ2n) is 10.1. The van der Waals surface area contributed by atoms with Gasteiger partial charge < -0.3 is 25.4 Å². The normalized spacial score (nSPS) is 17.1. The summed E-state index contributed by atoms with van der Waals surface area (Å²) in [4.78, 5) is 40.3. The van der Waals surface area contributed by atoms with Gasteiger partial charge in [-0.15, -0.1) is 0 Å². The van der Waals surface area contributed by atoms with Gasteiger partial charge in [-0.05, 0) is 44.2 Å². The molecule has 3 N–H and O–H groups in total. The van der Waals surface area contributed by atoms with Gasteiger partial charge in [0.05, 0.1) is 37.6 Å². The van der Waals surface area contributed by atoms with Crippen LogP contribution in [0.1, 0.15) is 55.0 Å². The zero-order chi connectivity index (χ0) is 31.8. The maximum atomic E-state index is 13.1. The van der Waals surface area contributed by atoms with E-state index in [1.807, 2.05) is 6.92 Å². The molecular formula is C29H29ClF3N7O4. The molecule has 5 rings (SSSR count). The van der Waals surface area contributed by atoms with Crippen molar-refractivity contribution in [2.45, 2.75) is 45.5 Å². The highest BCUT2D eigenvalue weighted by Crippen LogP contribution is 2.39. The van der Waals surface area contributed by atoms with Crippen molar-refractivity contribution in [3.8, 4) is 17.0 Å². The third-order valence-electron chi connectivity index (χ3n) is 7.14. The van der Waals surface area contributed by atoms with E-state index in [0.717, 1.165) is 18.3 Å². The first-order valence-electron chi connectivity index (χ1n) is 13.8. The van der Waals surface area contributed by atoms with Crippen LogP contribution in [0.4, 0.5) is 24.8 Å². The number of carbonyl (C=O) groups is 2. The molecule has 11 nitrogen and oxygen atoms in total. The Balaban J connectivity index is 1.55. The number of nitrogens with one attached hydrogen (secondary N) is 1. The maximum Gasteiger partial charge on any atom is 0.416 e. The number of amides is 2. The van der Waals surface area contributed by atoms with Gasteiger partial charge in [-0.25, -0.2) is 15.0 Å². The predicted octanol–water partition coefficient (Wildman–Crippen LogP) is 5.40. The average molecular weight is 632 g/mol. The van der Waals surface area contributed by atoms with Gasteiger partial charge in [-0.2, -0.15) is 13.2 Å². The molecule has 0 saturated carbocycles. The number of nitrogen functional groups attached to an aromatic ring is 1. The summed E-state index contributed by atoms with van der Waals surface area (Å²) in [6.07, 6.45) is -2.54. The van der Waals surface area contributed by atoms with Gasteiger partial charge in [-0.3, -0.25) is 14.0 Å². The molecule has 4 aromatic rings. The van der Waals surface area contributed by atoms with Crippen molar-refractivity contribution in [2.75, 3.05) is 30.8 Å². The van der Waals surface area contributed by atoms with Crippen LogP contribution in [0.2, 0.25) is 5.15 Å². The van der Waals surface area contributed by atoms with E-state index in [4.69, 9.17) is 31.8 Å². The molecule has 1 aromatic carbocycles. The minimum Gasteiger partial charge on any atom is -0.493 e. The Morgan fingerprint density at radius 1 is 1.20 bits per heavy atom. The number of nitrogens with two attached hydrogens (primary N) is 1. The molecule has 1 aliphatic rings. The van der Waals surface area contributed by atoms with Crippen LogP contribution in [0.25, 0.3) is 16.8 Å². The Labute approximate surface area is 255 Å². The van der Waals surface area contributed by atoms with Crippen molar-refractivity contribution in [1.29, 1.82) is 0 Å². The second kappa shape index (κ2) is 12.3. The lowest BCUT2D eigenvalue weighted by molar-refractivity contribution is -0.144. The smallest absolute Gasteiger partial charge is 0.416 e. The number of aromatic nitrogens is 4. The fourth-order valence-corrected chi connectivity index (χ4v) is 5.22. The molecule has 0 spiro atoms. The van der Waals surface area contributed by atoms with E-state index >= 15 is 0 Å². The number of alkyl halides is 3. The zero-order valence-electron chi connectivity index (χ0n) is 24.0. The van der Waals surface area contributed by atoms with E-state index in [0.29, 0.717) is 29.0 Å². The fraction of sp³-hybridized carbons (Fsp3) is 0.345. The minimum atomic E-state index is -4.59. The van der Waals surface area contributed by atoms with Gasteiger partial charge in [0.25, 0.3) is 5.91 Å². The molecule has 2 amide bonds. The van der Waals surface area contributed by atoms with Crippen LogP contribution >= 0.6 is 11.6 Å². The number of ether oxygens (including phenoxy) is 2. The van der Waals surface area contributed by atoms with E-state index in [1.54, 1.807) is 29.2 Å². The van der Waals surface area contributed by atoms with Gasteiger partial charge in [0.1, 0.15) is 45.7 Å². The van der Waals surface area contributed by atoms with E-state index in [-0.39, 0.29) is 59.8 Å². The molecule has 15 heteroatoms. The predicted molar refractivity (Wildman–Crippen MR) is 156 cm³/mol. The van der Waals surface area contributed by atoms with Crippen LogP contribution in [0.15, 0.2) is 42.7 Å². The Morgan fingerprint density at radius 3 is 2.68 bits per heavy atom. The summed E-state index contributed by atoms with van der Waals surface area (Å²) in [5.41, 5.74) is 6.65. The van der Waals surface area contributed by atoms with E-state index in [2.05, 4.69) is 15.3 Å². The topological polar surface area (TPSA) is 137 Å². The zero-order valence-corrected chi connectivity index (χ0v) is 24.7. The summed E-state index contributed by atoms with van der Waals surface area (Å²) >= 11 is 6.60. The van der Waals surface area contributed by atoms with E-state index in [1.165, 1.54) is 18.3 Å². The number of carbonyl (C=O) groups excluding carboxylic acids is 2. The van der Waals surface area contributed by atoms with Crippen LogP contribution in [0.5, 0.6) is 5.75 Å². The summed E-state index contributed by atoms with van der Waals surface area (Å²) in [6, 6.07) is 5.94. The molecule has 2 atom stereocenters. The molecule has 0 bridgehead atoms. The van der Waals surface area contributed by atoms with Gasteiger partial charge >= 0.3 is 6.18 Å². The third kappa shape index (κ3) is 5.99. The number of hydrogen-bond donors (Lipinski definition) is 2. The molecule has 1 fully saturated rings. The van der Waals surface area contributed by atoms with Crippen molar-refractivity contribution in [3.05, 3.63) is 64.8 Å². The molecule has 0 aliphatic carbocycles. The van der Waals surface area contributed by atoms with Crippen LogP contribution < -0.4 is 15.8 Å². The summed E-state index contributed by atoms with van der Waals surface area (Å²) in [7, 11) is 0. The third-order valence-corrected chi connectivity index (χ3v) is 7.41. The van der Waals surface area contributed by atoms with Crippen LogP contribution in [-0.4, -0.2) is 61.9 Å². The molecule has 3 aromatic heterocycles. The SMILES string of the molecule is CCOc1cc(C(=O)Nc2cc(C(F)(F)F)ccn2)ccc1-c1nc([C@H]2CN(C(=O)CC)[C@@H](C)CO2)n2c(Cl)cnc(N)c12. The van der Waals surface area contributed by atoms with Gasteiger partial charge in [0.15, 0.2) is 0 Å². The van der Waals surface area contributed by atoms with Crippen molar-refractivity contribution < 1.29 is 32.2 Å². The number of rotatable bonds is 7. The lowest BCUT2D eigenvalue weighted by Gasteiger charge is -2.37. The molecule has 1 saturated heterocycles. The Kier molecular flexibility index (Phi) is 8.66. The van der Waals surface area contributed by atoms with Crippen molar-refractivity contribution in [2.24, 2.45) is 0 Å². The largest absolute Gasteiger partial charge is 0.493 e. The quantitative estimate of drug-likeness (QED) is 0.277. The molecule has 1 aliphatic heterocycles. The number of imidazole rings is 1. The standard InChI is InChI=1S/C29H29ClF3N7O4/c1-4-23(41)39-13-20(44-14-15(39)3)27-38-24(25-26(34)36-12-21(30)40(25)27)18-7-6-16(10-19(18)43-5-2)28(42)37-22-11-17(8-9-35-22)29(31,32)33/h6-12,15,20H,4-5,13-14H2,1-3H3,(H2,34,36)(H,35,37,42)/t15-,20+/m0/s1. The Bertz CT molecular complexity index is 1730. The number of benzene rings is 1. The summed E-state index contributed by atoms with van der Waals surface area (Å²) in [5, 5.41) is 2.60. The fourth-order valence-electron chi connectivity index (χ4n) is 5.00. The molecule has 4 heterocycles. The number of hydrogen-bond acceptors (Lipinski definition) is 8. The van der Waals surface area contributed by atoms with Crippen molar-refractivity contribution in [3.63, 3.8) is 0 Å². The first-order valence-corrected chi connectivity index (χ1v) is 14.2. The number of pyridine rings is 1. The highest BCUT2D eigenvalue weighted by Gasteiger charge is 2.34. The number of morpholine rings is 1. The van der Waals surface area contributed by atoms with E-state index < -0.39 is 23.8 Å². The molecule has 232 valence electrons. The van der Waals surface area contributed by atoms with Crippen molar-refractivity contribution >= 4 is 40.6 Å².